The molecule has 0 bridgehead atoms. The van der Waals surface area contributed by atoms with Gasteiger partial charge in [-0.25, -0.2) is 0 Å². The van der Waals surface area contributed by atoms with E-state index in [1.807, 2.05) is 6.20 Å². The number of aromatic amines is 1. The molecule has 0 unspecified atom stereocenters. The minimum atomic E-state index is 0.400. The van der Waals surface area contributed by atoms with Crippen LogP contribution in [0.2, 0.25) is 0 Å². The molecule has 0 saturated heterocycles. The quantitative estimate of drug-likeness (QED) is 0.653. The smallest absolute Gasteiger partial charge is 0.171 e. The maximum Gasteiger partial charge on any atom is 0.171 e. The van der Waals surface area contributed by atoms with Crippen LogP contribution in [0.1, 0.15) is 5.56 Å². The normalized spacial score (nSPS) is 11.1. The third-order valence-electron chi connectivity index (χ3n) is 2.63. The number of hydrogen-bond donors (Lipinski definition) is 2. The summed E-state index contributed by atoms with van der Waals surface area (Å²) in [6, 6.07) is 7.95. The monoisotopic (exact) mass is 213 g/mol. The van der Waals surface area contributed by atoms with Crippen molar-refractivity contribution in [2.45, 2.75) is 6.92 Å². The van der Waals surface area contributed by atoms with Gasteiger partial charge in [0.15, 0.2) is 11.6 Å². The second kappa shape index (κ2) is 3.13. The van der Waals surface area contributed by atoms with Crippen LogP contribution in [0.4, 0.5) is 5.82 Å². The van der Waals surface area contributed by atoms with Crippen molar-refractivity contribution in [3.8, 4) is 11.3 Å². The molecule has 0 atom stereocenters. The van der Waals surface area contributed by atoms with Gasteiger partial charge in [0.05, 0.1) is 0 Å². The average Bonchev–Trinajstić information content (AvgIpc) is 2.83. The largest absolute Gasteiger partial charge is 0.381 e. The topological polar surface area (TPSA) is 67.8 Å². The van der Waals surface area contributed by atoms with Gasteiger partial charge in [-0.2, -0.15) is 0 Å². The molecule has 0 saturated carbocycles. The lowest BCUT2D eigenvalue weighted by Gasteiger charge is -1.94. The molecular formula is C12H11N3O. The molecular weight excluding hydrogens is 202 g/mol. The number of aromatic nitrogens is 2. The molecule has 0 aliphatic carbocycles. The van der Waals surface area contributed by atoms with E-state index in [2.05, 4.69) is 35.3 Å². The van der Waals surface area contributed by atoms with Crippen LogP contribution in [0, 0.1) is 6.92 Å². The number of rotatable bonds is 1. The summed E-state index contributed by atoms with van der Waals surface area (Å²) in [5.74, 6) is 1.09. The Kier molecular flexibility index (Phi) is 1.77. The third kappa shape index (κ3) is 1.27. The molecule has 0 radical (unpaired) electrons. The lowest BCUT2D eigenvalue weighted by Crippen LogP contribution is -1.79. The standard InChI is InChI=1S/C12H11N3O/c1-7-2-3-8-9(6-14-10(8)4-7)11-5-12(13)15-16-11/h2-6,14H,1H3,(H2,13,15). The maximum absolute atomic E-state index is 5.54. The molecule has 3 N–H and O–H groups in total. The number of nitrogen functional groups attached to an aromatic ring is 1. The summed E-state index contributed by atoms with van der Waals surface area (Å²) in [5.41, 5.74) is 8.83. The number of nitrogens with zero attached hydrogens (tertiary/aromatic N) is 1. The molecule has 4 nitrogen and oxygen atoms in total. The van der Waals surface area contributed by atoms with Gasteiger partial charge in [0.1, 0.15) is 0 Å². The summed E-state index contributed by atoms with van der Waals surface area (Å²) in [5, 5.41) is 4.80. The number of anilines is 1. The highest BCUT2D eigenvalue weighted by Crippen LogP contribution is 2.29. The summed E-state index contributed by atoms with van der Waals surface area (Å²) in [7, 11) is 0. The Morgan fingerprint density at radius 3 is 2.94 bits per heavy atom. The number of hydrogen-bond acceptors (Lipinski definition) is 3. The first-order chi connectivity index (χ1) is 7.74. The average molecular weight is 213 g/mol. The molecule has 3 rings (SSSR count). The van der Waals surface area contributed by atoms with Gasteiger partial charge in [-0.15, -0.1) is 0 Å². The molecule has 4 heteroatoms. The Labute approximate surface area is 92.0 Å². The fourth-order valence-electron chi connectivity index (χ4n) is 1.86. The van der Waals surface area contributed by atoms with Crippen molar-refractivity contribution in [2.75, 3.05) is 5.73 Å². The fraction of sp³-hybridized carbons (Fsp3) is 0.0833. The lowest BCUT2D eigenvalue weighted by atomic mass is 10.1. The molecule has 0 aliphatic heterocycles. The molecule has 0 aliphatic rings. The van der Waals surface area contributed by atoms with E-state index in [1.54, 1.807) is 6.07 Å². The molecule has 0 spiro atoms. The van der Waals surface area contributed by atoms with Crippen LogP contribution < -0.4 is 5.73 Å². The van der Waals surface area contributed by atoms with Crippen molar-refractivity contribution >= 4 is 16.7 Å². The van der Waals surface area contributed by atoms with Crippen molar-refractivity contribution in [3.63, 3.8) is 0 Å². The van der Waals surface area contributed by atoms with Crippen LogP contribution in [0.3, 0.4) is 0 Å². The van der Waals surface area contributed by atoms with E-state index in [-0.39, 0.29) is 0 Å². The predicted molar refractivity (Wildman–Crippen MR) is 62.9 cm³/mol. The van der Waals surface area contributed by atoms with Gasteiger partial charge < -0.3 is 15.2 Å². The molecule has 0 fully saturated rings. The third-order valence-corrected chi connectivity index (χ3v) is 2.63. The Morgan fingerprint density at radius 2 is 2.19 bits per heavy atom. The van der Waals surface area contributed by atoms with Crippen LogP contribution in [0.25, 0.3) is 22.2 Å². The predicted octanol–water partition coefficient (Wildman–Crippen LogP) is 2.71. The van der Waals surface area contributed by atoms with Crippen LogP contribution in [0.5, 0.6) is 0 Å². The second-order valence-electron chi connectivity index (χ2n) is 3.87. The molecule has 1 aromatic carbocycles. The Hall–Kier alpha value is -2.23. The zero-order chi connectivity index (χ0) is 11.1. The van der Waals surface area contributed by atoms with E-state index in [1.165, 1.54) is 5.56 Å². The minimum absolute atomic E-state index is 0.400. The van der Waals surface area contributed by atoms with E-state index in [4.69, 9.17) is 10.3 Å². The van der Waals surface area contributed by atoms with Crippen molar-refractivity contribution in [1.29, 1.82) is 0 Å². The molecule has 16 heavy (non-hydrogen) atoms. The number of aryl methyl sites for hydroxylation is 1. The summed E-state index contributed by atoms with van der Waals surface area (Å²) in [6.45, 7) is 2.06. The Bertz CT molecular complexity index is 651. The fourth-order valence-corrected chi connectivity index (χ4v) is 1.86. The summed E-state index contributed by atoms with van der Waals surface area (Å²) in [6.07, 6.45) is 1.91. The molecule has 80 valence electrons. The van der Waals surface area contributed by atoms with Gasteiger partial charge in [-0.3, -0.25) is 0 Å². The van der Waals surface area contributed by atoms with Gasteiger partial charge in [-0.05, 0) is 18.6 Å². The van der Waals surface area contributed by atoms with Crippen LogP contribution in [0.15, 0.2) is 35.0 Å². The SMILES string of the molecule is Cc1ccc2c(-c3cc(N)no3)c[nH]c2c1. The number of benzene rings is 1. The first kappa shape index (κ1) is 9.03. The summed E-state index contributed by atoms with van der Waals surface area (Å²) >= 11 is 0. The van der Waals surface area contributed by atoms with Crippen LogP contribution >= 0.6 is 0 Å². The van der Waals surface area contributed by atoms with Crippen molar-refractivity contribution in [2.24, 2.45) is 0 Å². The zero-order valence-electron chi connectivity index (χ0n) is 8.82. The molecule has 2 aromatic heterocycles. The highest BCUT2D eigenvalue weighted by atomic mass is 16.5. The highest BCUT2D eigenvalue weighted by Gasteiger charge is 2.10. The second-order valence-corrected chi connectivity index (χ2v) is 3.87. The van der Waals surface area contributed by atoms with Gasteiger partial charge >= 0.3 is 0 Å². The summed E-state index contributed by atoms with van der Waals surface area (Å²) in [4.78, 5) is 3.21. The van der Waals surface area contributed by atoms with Gasteiger partial charge in [0.25, 0.3) is 0 Å². The maximum atomic E-state index is 5.54. The Morgan fingerprint density at radius 1 is 1.31 bits per heavy atom. The van der Waals surface area contributed by atoms with Crippen molar-refractivity contribution in [3.05, 3.63) is 36.0 Å². The van der Waals surface area contributed by atoms with E-state index in [9.17, 15) is 0 Å². The summed E-state index contributed by atoms with van der Waals surface area (Å²) < 4.78 is 5.15. The van der Waals surface area contributed by atoms with Crippen molar-refractivity contribution < 1.29 is 4.52 Å². The minimum Gasteiger partial charge on any atom is -0.381 e. The van der Waals surface area contributed by atoms with Gasteiger partial charge in [0, 0.05) is 28.7 Å². The van der Waals surface area contributed by atoms with E-state index < -0.39 is 0 Å². The highest BCUT2D eigenvalue weighted by molar-refractivity contribution is 5.94. The number of H-pyrrole nitrogens is 1. The van der Waals surface area contributed by atoms with Crippen LogP contribution in [-0.2, 0) is 0 Å². The van der Waals surface area contributed by atoms with Gasteiger partial charge in [0.2, 0.25) is 0 Å². The Balaban J connectivity index is 2.25. The van der Waals surface area contributed by atoms with E-state index in [0.29, 0.717) is 11.6 Å². The van der Waals surface area contributed by atoms with E-state index >= 15 is 0 Å². The van der Waals surface area contributed by atoms with Crippen molar-refractivity contribution in [1.82, 2.24) is 10.1 Å². The number of fused-ring (bicyclic) bond motifs is 1. The number of nitrogens with two attached hydrogens (primary N) is 1. The van der Waals surface area contributed by atoms with E-state index in [0.717, 1.165) is 16.5 Å². The lowest BCUT2D eigenvalue weighted by molar-refractivity contribution is 0.436. The zero-order valence-corrected chi connectivity index (χ0v) is 8.82. The molecule has 0 amide bonds. The molecule has 2 heterocycles. The van der Waals surface area contributed by atoms with Gasteiger partial charge in [-0.1, -0.05) is 17.3 Å². The first-order valence-electron chi connectivity index (χ1n) is 5.04. The van der Waals surface area contributed by atoms with Crippen LogP contribution in [-0.4, -0.2) is 10.1 Å². The first-order valence-corrected chi connectivity index (χ1v) is 5.04. The number of nitrogens with one attached hydrogen (secondary N) is 1. The molecule has 3 aromatic rings.